The van der Waals surface area contributed by atoms with E-state index in [9.17, 15) is 9.59 Å². The van der Waals surface area contributed by atoms with E-state index in [1.165, 1.54) is 19.3 Å². The van der Waals surface area contributed by atoms with Crippen LogP contribution < -0.4 is 11.1 Å². The molecule has 0 aromatic heterocycles. The van der Waals surface area contributed by atoms with Crippen LogP contribution in [0, 0.1) is 5.92 Å². The lowest BCUT2D eigenvalue weighted by Crippen LogP contribution is -2.45. The van der Waals surface area contributed by atoms with Gasteiger partial charge >= 0.3 is 0 Å². The minimum absolute atomic E-state index is 0.276. The summed E-state index contributed by atoms with van der Waals surface area (Å²) in [5.74, 6) is -0.355. The molecular formula is C15H24N2O2S. The van der Waals surface area contributed by atoms with Crippen LogP contribution in [0.2, 0.25) is 0 Å². The average molecular weight is 296 g/mol. The van der Waals surface area contributed by atoms with Gasteiger partial charge < -0.3 is 11.1 Å². The Morgan fingerprint density at radius 3 is 2.55 bits per heavy atom. The van der Waals surface area contributed by atoms with Gasteiger partial charge in [-0.2, -0.15) is 0 Å². The number of allylic oxidation sites excluding steroid dienone is 3. The van der Waals surface area contributed by atoms with Crippen molar-refractivity contribution < 1.29 is 9.59 Å². The Kier molecular flexibility index (Phi) is 7.44. The van der Waals surface area contributed by atoms with Crippen LogP contribution >= 0.6 is 12.6 Å². The van der Waals surface area contributed by atoms with Crippen LogP contribution in [-0.2, 0) is 9.59 Å². The van der Waals surface area contributed by atoms with E-state index >= 15 is 0 Å². The number of carbonyl (C=O) groups excluding carboxylic acids is 2. The van der Waals surface area contributed by atoms with Gasteiger partial charge in [-0.25, -0.2) is 0 Å². The summed E-state index contributed by atoms with van der Waals surface area (Å²) < 4.78 is 0. The van der Waals surface area contributed by atoms with Gasteiger partial charge in [-0.15, -0.1) is 12.6 Å². The van der Waals surface area contributed by atoms with E-state index in [1.54, 1.807) is 18.2 Å². The zero-order valence-corrected chi connectivity index (χ0v) is 12.9. The SMILES string of the molecule is C/C=C/C=C(\S)C(=O)N[C@@H](CC1CCCCC1)C(N)=O. The molecule has 0 unspecified atom stereocenters. The van der Waals surface area contributed by atoms with Gasteiger partial charge in [0.15, 0.2) is 0 Å². The van der Waals surface area contributed by atoms with Gasteiger partial charge in [0.25, 0.3) is 5.91 Å². The van der Waals surface area contributed by atoms with Gasteiger partial charge in [0.2, 0.25) is 5.91 Å². The highest BCUT2D eigenvalue weighted by molar-refractivity contribution is 7.85. The zero-order valence-electron chi connectivity index (χ0n) is 12.0. The van der Waals surface area contributed by atoms with Crippen molar-refractivity contribution in [3.05, 3.63) is 23.1 Å². The third kappa shape index (κ3) is 5.82. The summed E-state index contributed by atoms with van der Waals surface area (Å²) in [6, 6.07) is -0.605. The van der Waals surface area contributed by atoms with Crippen LogP contribution in [0.25, 0.3) is 0 Å². The number of amides is 2. The number of hydrogen-bond donors (Lipinski definition) is 3. The molecule has 1 saturated carbocycles. The molecule has 0 spiro atoms. The van der Waals surface area contributed by atoms with Gasteiger partial charge in [-0.05, 0) is 25.3 Å². The second-order valence-electron chi connectivity index (χ2n) is 5.25. The normalized spacial score (nSPS) is 19.0. The number of rotatable bonds is 6. The Morgan fingerprint density at radius 1 is 1.35 bits per heavy atom. The van der Waals surface area contributed by atoms with Crippen LogP contribution in [0.15, 0.2) is 23.1 Å². The van der Waals surface area contributed by atoms with E-state index in [-0.39, 0.29) is 10.8 Å². The highest BCUT2D eigenvalue weighted by atomic mass is 32.1. The van der Waals surface area contributed by atoms with Crippen molar-refractivity contribution in [2.75, 3.05) is 0 Å². The smallest absolute Gasteiger partial charge is 0.258 e. The third-order valence-corrected chi connectivity index (χ3v) is 3.97. The molecule has 1 fully saturated rings. The Bertz CT molecular complexity index is 399. The summed E-state index contributed by atoms with van der Waals surface area (Å²) >= 11 is 4.11. The van der Waals surface area contributed by atoms with E-state index in [0.717, 1.165) is 12.8 Å². The molecule has 0 radical (unpaired) electrons. The molecule has 0 bridgehead atoms. The molecule has 1 aliphatic rings. The molecule has 0 heterocycles. The van der Waals surface area contributed by atoms with E-state index in [2.05, 4.69) is 17.9 Å². The maximum absolute atomic E-state index is 11.9. The molecule has 5 heteroatoms. The first-order chi connectivity index (χ1) is 9.54. The fraction of sp³-hybridized carbons (Fsp3) is 0.600. The molecule has 4 nitrogen and oxygen atoms in total. The first-order valence-corrected chi connectivity index (χ1v) is 7.61. The summed E-state index contributed by atoms with van der Waals surface area (Å²) in [6.07, 6.45) is 11.6. The molecule has 0 aromatic rings. The Morgan fingerprint density at radius 2 is 2.00 bits per heavy atom. The van der Waals surface area contributed by atoms with Gasteiger partial charge in [0, 0.05) is 0 Å². The maximum atomic E-state index is 11.9. The van der Waals surface area contributed by atoms with E-state index < -0.39 is 11.9 Å². The van der Waals surface area contributed by atoms with Gasteiger partial charge in [-0.3, -0.25) is 9.59 Å². The standard InChI is InChI=1S/C15H24N2O2S/c1-2-3-9-13(20)15(19)17-12(14(16)18)10-11-7-5-4-6-8-11/h2-3,9,11-12,20H,4-8,10H2,1H3,(H2,16,18)(H,17,19)/b3-2+,13-9-/t12-/m0/s1. The van der Waals surface area contributed by atoms with E-state index in [0.29, 0.717) is 12.3 Å². The number of thiol groups is 1. The quantitative estimate of drug-likeness (QED) is 0.400. The van der Waals surface area contributed by atoms with Crippen molar-refractivity contribution in [2.24, 2.45) is 11.7 Å². The van der Waals surface area contributed by atoms with E-state index in [4.69, 9.17) is 5.73 Å². The first-order valence-electron chi connectivity index (χ1n) is 7.16. The monoisotopic (exact) mass is 296 g/mol. The summed E-state index contributed by atoms with van der Waals surface area (Å²) in [7, 11) is 0. The van der Waals surface area contributed by atoms with Crippen LogP contribution in [0.4, 0.5) is 0 Å². The number of carbonyl (C=O) groups is 2. The zero-order chi connectivity index (χ0) is 15.0. The second-order valence-corrected chi connectivity index (χ2v) is 5.73. The summed E-state index contributed by atoms with van der Waals surface area (Å²) in [4.78, 5) is 23.7. The first kappa shape index (κ1) is 16.8. The molecular weight excluding hydrogens is 272 g/mol. The molecule has 3 N–H and O–H groups in total. The van der Waals surface area contributed by atoms with Crippen molar-refractivity contribution >= 4 is 24.4 Å². The van der Waals surface area contributed by atoms with Crippen LogP contribution in [-0.4, -0.2) is 17.9 Å². The minimum Gasteiger partial charge on any atom is -0.368 e. The lowest BCUT2D eigenvalue weighted by atomic mass is 9.84. The molecule has 1 rings (SSSR count). The van der Waals surface area contributed by atoms with Crippen molar-refractivity contribution in [1.82, 2.24) is 5.32 Å². The molecule has 20 heavy (non-hydrogen) atoms. The van der Waals surface area contributed by atoms with Gasteiger partial charge in [0.05, 0.1) is 4.91 Å². The molecule has 112 valence electrons. The Labute approximate surface area is 126 Å². The van der Waals surface area contributed by atoms with E-state index in [1.807, 2.05) is 6.92 Å². The topological polar surface area (TPSA) is 72.2 Å². The predicted molar refractivity (Wildman–Crippen MR) is 84.2 cm³/mol. The third-order valence-electron chi connectivity index (χ3n) is 3.62. The lowest BCUT2D eigenvalue weighted by molar-refractivity contribution is -0.125. The molecule has 0 aromatic carbocycles. The van der Waals surface area contributed by atoms with Crippen molar-refractivity contribution in [1.29, 1.82) is 0 Å². The predicted octanol–water partition coefficient (Wildman–Crippen LogP) is 2.32. The number of nitrogens with one attached hydrogen (secondary N) is 1. The van der Waals surface area contributed by atoms with Crippen LogP contribution in [0.1, 0.15) is 45.4 Å². The lowest BCUT2D eigenvalue weighted by Gasteiger charge is -2.25. The van der Waals surface area contributed by atoms with Crippen LogP contribution in [0.3, 0.4) is 0 Å². The fourth-order valence-electron chi connectivity index (χ4n) is 2.50. The molecule has 1 aliphatic carbocycles. The molecule has 2 amide bonds. The summed E-state index contributed by atoms with van der Waals surface area (Å²) in [5, 5.41) is 2.68. The van der Waals surface area contributed by atoms with Crippen molar-refractivity contribution in [3.63, 3.8) is 0 Å². The highest BCUT2D eigenvalue weighted by Gasteiger charge is 2.24. The van der Waals surface area contributed by atoms with Gasteiger partial charge in [-0.1, -0.05) is 44.3 Å². The fourth-order valence-corrected chi connectivity index (χ4v) is 2.65. The largest absolute Gasteiger partial charge is 0.368 e. The maximum Gasteiger partial charge on any atom is 0.258 e. The van der Waals surface area contributed by atoms with Crippen molar-refractivity contribution in [3.8, 4) is 0 Å². The highest BCUT2D eigenvalue weighted by Crippen LogP contribution is 2.27. The Balaban J connectivity index is 2.58. The second kappa shape index (κ2) is 8.84. The average Bonchev–Trinajstić information content (AvgIpc) is 2.44. The molecule has 1 atom stereocenters. The summed E-state index contributed by atoms with van der Waals surface area (Å²) in [6.45, 7) is 1.85. The van der Waals surface area contributed by atoms with Crippen molar-refractivity contribution in [2.45, 2.75) is 51.5 Å². The number of nitrogens with two attached hydrogens (primary N) is 1. The van der Waals surface area contributed by atoms with Gasteiger partial charge in [0.1, 0.15) is 6.04 Å². The Hall–Kier alpha value is -1.23. The minimum atomic E-state index is -0.605. The number of primary amides is 1. The molecule has 0 saturated heterocycles. The molecule has 0 aliphatic heterocycles. The summed E-state index contributed by atoms with van der Waals surface area (Å²) in [5.41, 5.74) is 5.39. The number of hydrogen-bond acceptors (Lipinski definition) is 3. The van der Waals surface area contributed by atoms with Crippen LogP contribution in [0.5, 0.6) is 0 Å².